The number of nitrogens with zero attached hydrogens (tertiary/aromatic N) is 4. The molecule has 0 aliphatic carbocycles. The number of pyridine rings is 1. The number of aryl methyl sites for hydroxylation is 1. The Balaban J connectivity index is 1.49. The van der Waals surface area contributed by atoms with Crippen LogP contribution in [0.5, 0.6) is 0 Å². The van der Waals surface area contributed by atoms with Crippen LogP contribution < -0.4 is 10.6 Å². The summed E-state index contributed by atoms with van der Waals surface area (Å²) in [6.45, 7) is 3.55. The molecule has 0 atom stereocenters. The summed E-state index contributed by atoms with van der Waals surface area (Å²) in [6, 6.07) is 10.9. The zero-order valence-electron chi connectivity index (χ0n) is 15.9. The van der Waals surface area contributed by atoms with Crippen LogP contribution in [0.2, 0.25) is 10.0 Å². The van der Waals surface area contributed by atoms with Crippen molar-refractivity contribution >= 4 is 34.8 Å². The third-order valence-corrected chi connectivity index (χ3v) is 4.79. The number of halogens is 2. The van der Waals surface area contributed by atoms with Crippen LogP contribution in [0.4, 0.5) is 11.6 Å². The standard InChI is InChI=1S/C21H20Cl2N6/c1-14-12-28-21(17-6-5-16(22)10-18(17)23)29-20(14)26-9-3-2-8-25-19-7-4-15(11-24)13-27-19/h4-7,10,12-13H,2-3,8-9H2,1H3,(H,25,27)(H,26,28,29). The Bertz CT molecular complexity index is 1010. The summed E-state index contributed by atoms with van der Waals surface area (Å²) in [4.78, 5) is 13.2. The van der Waals surface area contributed by atoms with E-state index in [1.165, 1.54) is 0 Å². The quantitative estimate of drug-likeness (QED) is 0.473. The molecule has 0 radical (unpaired) electrons. The lowest BCUT2D eigenvalue weighted by Gasteiger charge is -2.11. The second-order valence-electron chi connectivity index (χ2n) is 6.45. The molecule has 0 aliphatic rings. The van der Waals surface area contributed by atoms with Crippen LogP contribution in [0.15, 0.2) is 42.7 Å². The molecule has 0 saturated heterocycles. The Morgan fingerprint density at radius 3 is 2.48 bits per heavy atom. The number of nitriles is 1. The molecule has 2 N–H and O–H groups in total. The molecule has 8 heteroatoms. The second kappa shape index (κ2) is 10.1. The predicted octanol–water partition coefficient (Wildman–Crippen LogP) is 5.33. The van der Waals surface area contributed by atoms with E-state index in [1.807, 2.05) is 19.1 Å². The van der Waals surface area contributed by atoms with E-state index in [-0.39, 0.29) is 0 Å². The van der Waals surface area contributed by atoms with Gasteiger partial charge in [0.05, 0.1) is 10.6 Å². The molecule has 0 fully saturated rings. The topological polar surface area (TPSA) is 86.5 Å². The van der Waals surface area contributed by atoms with E-state index >= 15 is 0 Å². The zero-order valence-corrected chi connectivity index (χ0v) is 17.4. The van der Waals surface area contributed by atoms with Gasteiger partial charge in [-0.3, -0.25) is 0 Å². The maximum atomic E-state index is 8.78. The molecule has 6 nitrogen and oxygen atoms in total. The van der Waals surface area contributed by atoms with Gasteiger partial charge in [-0.1, -0.05) is 23.2 Å². The van der Waals surface area contributed by atoms with E-state index in [0.29, 0.717) is 21.4 Å². The number of benzene rings is 1. The van der Waals surface area contributed by atoms with Gasteiger partial charge in [-0.25, -0.2) is 15.0 Å². The number of anilines is 2. The Morgan fingerprint density at radius 1 is 1.00 bits per heavy atom. The van der Waals surface area contributed by atoms with Gasteiger partial charge < -0.3 is 10.6 Å². The average molecular weight is 427 g/mol. The first-order valence-electron chi connectivity index (χ1n) is 9.20. The van der Waals surface area contributed by atoms with Gasteiger partial charge in [0.2, 0.25) is 0 Å². The van der Waals surface area contributed by atoms with E-state index < -0.39 is 0 Å². The smallest absolute Gasteiger partial charge is 0.163 e. The summed E-state index contributed by atoms with van der Waals surface area (Å²) in [6.07, 6.45) is 5.28. The van der Waals surface area contributed by atoms with Crippen LogP contribution >= 0.6 is 23.2 Å². The van der Waals surface area contributed by atoms with Gasteiger partial charge in [0, 0.05) is 41.6 Å². The number of hydrogen-bond donors (Lipinski definition) is 2. The van der Waals surface area contributed by atoms with Crippen molar-refractivity contribution in [2.45, 2.75) is 19.8 Å². The molecule has 2 heterocycles. The summed E-state index contributed by atoms with van der Waals surface area (Å²) in [5, 5.41) is 16.5. The molecule has 0 saturated carbocycles. The molecule has 3 aromatic rings. The van der Waals surface area contributed by atoms with Crippen molar-refractivity contribution in [3.8, 4) is 17.5 Å². The van der Waals surface area contributed by atoms with Crippen molar-refractivity contribution in [2.24, 2.45) is 0 Å². The monoisotopic (exact) mass is 426 g/mol. The van der Waals surface area contributed by atoms with Gasteiger partial charge in [0.25, 0.3) is 0 Å². The minimum absolute atomic E-state index is 0.523. The van der Waals surface area contributed by atoms with Crippen LogP contribution in [0.1, 0.15) is 24.0 Å². The lowest BCUT2D eigenvalue weighted by molar-refractivity contribution is 0.790. The molecular weight excluding hydrogens is 407 g/mol. The minimum Gasteiger partial charge on any atom is -0.370 e. The molecule has 0 amide bonds. The lowest BCUT2D eigenvalue weighted by Crippen LogP contribution is -2.09. The van der Waals surface area contributed by atoms with E-state index in [4.69, 9.17) is 28.5 Å². The molecule has 148 valence electrons. The van der Waals surface area contributed by atoms with Crippen molar-refractivity contribution in [1.29, 1.82) is 5.26 Å². The number of hydrogen-bond acceptors (Lipinski definition) is 6. The second-order valence-corrected chi connectivity index (χ2v) is 7.30. The first kappa shape index (κ1) is 20.8. The third-order valence-electron chi connectivity index (χ3n) is 4.24. The van der Waals surface area contributed by atoms with Crippen LogP contribution in [0, 0.1) is 18.3 Å². The number of unbranched alkanes of at least 4 members (excludes halogenated alkanes) is 1. The highest BCUT2D eigenvalue weighted by Crippen LogP contribution is 2.29. The summed E-state index contributed by atoms with van der Waals surface area (Å²) in [5.74, 6) is 2.13. The van der Waals surface area contributed by atoms with Crippen molar-refractivity contribution in [3.63, 3.8) is 0 Å². The summed E-state index contributed by atoms with van der Waals surface area (Å²) in [5.41, 5.74) is 2.27. The zero-order chi connectivity index (χ0) is 20.6. The van der Waals surface area contributed by atoms with Crippen molar-refractivity contribution in [2.75, 3.05) is 23.7 Å². The molecule has 0 aliphatic heterocycles. The highest BCUT2D eigenvalue weighted by molar-refractivity contribution is 6.36. The fourth-order valence-electron chi connectivity index (χ4n) is 2.66. The molecule has 3 rings (SSSR count). The van der Waals surface area contributed by atoms with Crippen molar-refractivity contribution in [3.05, 3.63) is 63.9 Å². The van der Waals surface area contributed by atoms with E-state index in [2.05, 4.69) is 31.7 Å². The molecule has 0 bridgehead atoms. The summed E-state index contributed by atoms with van der Waals surface area (Å²) in [7, 11) is 0. The maximum absolute atomic E-state index is 8.78. The fraction of sp³-hybridized carbons (Fsp3) is 0.238. The molecule has 0 unspecified atom stereocenters. The highest BCUT2D eigenvalue weighted by atomic mass is 35.5. The lowest BCUT2D eigenvalue weighted by atomic mass is 10.2. The largest absolute Gasteiger partial charge is 0.370 e. The van der Waals surface area contributed by atoms with Gasteiger partial charge in [-0.2, -0.15) is 5.26 Å². The molecule has 0 spiro atoms. The van der Waals surface area contributed by atoms with Gasteiger partial charge >= 0.3 is 0 Å². The van der Waals surface area contributed by atoms with Crippen molar-refractivity contribution in [1.82, 2.24) is 15.0 Å². The first-order valence-corrected chi connectivity index (χ1v) is 9.95. The Hall–Kier alpha value is -2.88. The van der Waals surface area contributed by atoms with E-state index in [9.17, 15) is 0 Å². The first-order chi connectivity index (χ1) is 14.1. The van der Waals surface area contributed by atoms with E-state index in [1.54, 1.807) is 30.6 Å². The molecule has 29 heavy (non-hydrogen) atoms. The van der Waals surface area contributed by atoms with Crippen LogP contribution in [-0.4, -0.2) is 28.0 Å². The average Bonchev–Trinajstić information content (AvgIpc) is 2.72. The maximum Gasteiger partial charge on any atom is 0.163 e. The Labute approximate surface area is 179 Å². The Kier molecular flexibility index (Phi) is 7.23. The fourth-order valence-corrected chi connectivity index (χ4v) is 3.15. The normalized spacial score (nSPS) is 10.4. The van der Waals surface area contributed by atoms with E-state index in [0.717, 1.165) is 48.7 Å². The SMILES string of the molecule is Cc1cnc(-c2ccc(Cl)cc2Cl)nc1NCCCCNc1ccc(C#N)cn1. The van der Waals surface area contributed by atoms with Gasteiger partial charge in [0.15, 0.2) is 5.82 Å². The molecular formula is C21H20Cl2N6. The number of nitrogens with one attached hydrogen (secondary N) is 2. The van der Waals surface area contributed by atoms with Crippen molar-refractivity contribution < 1.29 is 0 Å². The van der Waals surface area contributed by atoms with Gasteiger partial charge in [-0.15, -0.1) is 0 Å². The molecule has 2 aromatic heterocycles. The highest BCUT2D eigenvalue weighted by Gasteiger charge is 2.10. The predicted molar refractivity (Wildman–Crippen MR) is 117 cm³/mol. The van der Waals surface area contributed by atoms with Gasteiger partial charge in [-0.05, 0) is 50.1 Å². The minimum atomic E-state index is 0.523. The van der Waals surface area contributed by atoms with Crippen LogP contribution in [-0.2, 0) is 0 Å². The molecule has 1 aromatic carbocycles. The van der Waals surface area contributed by atoms with Crippen LogP contribution in [0.25, 0.3) is 11.4 Å². The van der Waals surface area contributed by atoms with Crippen LogP contribution in [0.3, 0.4) is 0 Å². The summed E-state index contributed by atoms with van der Waals surface area (Å²) >= 11 is 12.2. The summed E-state index contributed by atoms with van der Waals surface area (Å²) < 4.78 is 0. The third kappa shape index (κ3) is 5.80. The van der Waals surface area contributed by atoms with Gasteiger partial charge in [0.1, 0.15) is 17.7 Å². The number of aromatic nitrogens is 3. The Morgan fingerprint density at radius 2 is 1.79 bits per heavy atom. The number of rotatable bonds is 8.